The van der Waals surface area contributed by atoms with E-state index < -0.39 is 23.8 Å². The first-order valence-corrected chi connectivity index (χ1v) is 11.6. The maximum Gasteiger partial charge on any atom is 0.262 e. The average Bonchev–Trinajstić information content (AvgIpc) is 3.12. The fourth-order valence-corrected chi connectivity index (χ4v) is 4.18. The van der Waals surface area contributed by atoms with E-state index >= 15 is 0 Å². The number of carbonyl (C=O) groups excluding carboxylic acids is 3. The molecule has 2 heterocycles. The van der Waals surface area contributed by atoms with Gasteiger partial charge in [0.1, 0.15) is 6.04 Å². The normalized spacial score (nSPS) is 16.6. The van der Waals surface area contributed by atoms with Gasteiger partial charge in [0.25, 0.3) is 17.7 Å². The molecule has 1 fully saturated rings. The van der Waals surface area contributed by atoms with Crippen LogP contribution in [0.5, 0.6) is 0 Å². The first-order valence-electron chi connectivity index (χ1n) is 11.2. The molecule has 34 heavy (non-hydrogen) atoms. The van der Waals surface area contributed by atoms with Gasteiger partial charge in [-0.3, -0.25) is 35.0 Å². The van der Waals surface area contributed by atoms with Gasteiger partial charge in [0.2, 0.25) is 0 Å². The van der Waals surface area contributed by atoms with E-state index in [0.29, 0.717) is 17.7 Å². The Hall–Kier alpha value is -3.34. The van der Waals surface area contributed by atoms with Gasteiger partial charge in [-0.25, -0.2) is 0 Å². The van der Waals surface area contributed by atoms with Gasteiger partial charge in [-0.1, -0.05) is 42.5 Å². The number of hydrogen-bond donors (Lipinski definition) is 3. The van der Waals surface area contributed by atoms with E-state index in [-0.39, 0.29) is 11.5 Å². The largest absolute Gasteiger partial charge is 0.379 e. The van der Waals surface area contributed by atoms with E-state index in [1.807, 2.05) is 30.3 Å². The summed E-state index contributed by atoms with van der Waals surface area (Å²) in [5.41, 5.74) is 6.67. The number of carbonyl (C=O) groups is 3. The number of imide groups is 1. The number of rotatable bonds is 7. The summed E-state index contributed by atoms with van der Waals surface area (Å²) < 4.78 is 5.34. The van der Waals surface area contributed by atoms with E-state index in [4.69, 9.17) is 17.0 Å². The number of ether oxygens (including phenoxy) is 1. The van der Waals surface area contributed by atoms with Gasteiger partial charge < -0.3 is 10.1 Å². The summed E-state index contributed by atoms with van der Waals surface area (Å²) in [6.07, 6.45) is 0.178. The summed E-state index contributed by atoms with van der Waals surface area (Å²) in [4.78, 5) is 42.5. The van der Waals surface area contributed by atoms with Gasteiger partial charge >= 0.3 is 0 Å². The van der Waals surface area contributed by atoms with Crippen LogP contribution in [0.15, 0.2) is 54.6 Å². The van der Waals surface area contributed by atoms with Crippen molar-refractivity contribution in [2.75, 3.05) is 39.4 Å². The van der Waals surface area contributed by atoms with Crippen molar-refractivity contribution >= 4 is 35.1 Å². The van der Waals surface area contributed by atoms with Crippen LogP contribution in [0.2, 0.25) is 0 Å². The SMILES string of the molecule is O=C(NNC(=S)NCCN1CCOCC1)[C@@H](Cc1ccccc1)N1C(=O)c2ccccc2C1=O. The van der Waals surface area contributed by atoms with Crippen LogP contribution in [0.1, 0.15) is 26.3 Å². The second-order valence-electron chi connectivity index (χ2n) is 8.06. The zero-order valence-corrected chi connectivity index (χ0v) is 19.5. The molecule has 2 aliphatic rings. The van der Waals surface area contributed by atoms with Crippen molar-refractivity contribution in [3.05, 3.63) is 71.3 Å². The molecular weight excluding hydrogens is 454 g/mol. The topological polar surface area (TPSA) is 103 Å². The molecule has 2 aromatic rings. The molecule has 0 aliphatic carbocycles. The smallest absolute Gasteiger partial charge is 0.262 e. The Bertz CT molecular complexity index is 1020. The number of amides is 3. The van der Waals surface area contributed by atoms with Crippen LogP contribution < -0.4 is 16.2 Å². The second kappa shape index (κ2) is 11.2. The predicted octanol–water partition coefficient (Wildman–Crippen LogP) is 0.721. The number of nitrogens with zero attached hydrogens (tertiary/aromatic N) is 2. The number of morpholine rings is 1. The first kappa shape index (κ1) is 23.8. The highest BCUT2D eigenvalue weighted by Crippen LogP contribution is 2.26. The van der Waals surface area contributed by atoms with Gasteiger partial charge in [-0.2, -0.15) is 0 Å². The summed E-state index contributed by atoms with van der Waals surface area (Å²) in [6, 6.07) is 14.8. The number of thiocarbonyl (C=S) groups is 1. The van der Waals surface area contributed by atoms with Crippen LogP contribution in [0, 0.1) is 0 Å². The van der Waals surface area contributed by atoms with Crippen LogP contribution in [-0.4, -0.2) is 78.1 Å². The molecule has 0 radical (unpaired) electrons. The quantitative estimate of drug-likeness (QED) is 0.302. The molecule has 0 saturated carbocycles. The molecule has 3 amide bonds. The Labute approximate surface area is 203 Å². The third-order valence-electron chi connectivity index (χ3n) is 5.83. The van der Waals surface area contributed by atoms with Crippen LogP contribution in [0.3, 0.4) is 0 Å². The van der Waals surface area contributed by atoms with Crippen LogP contribution in [0.4, 0.5) is 0 Å². The fraction of sp³-hybridized carbons (Fsp3) is 0.333. The molecule has 9 nitrogen and oxygen atoms in total. The summed E-state index contributed by atoms with van der Waals surface area (Å²) in [6.45, 7) is 4.59. The van der Waals surface area contributed by atoms with Crippen molar-refractivity contribution in [1.82, 2.24) is 26.0 Å². The molecule has 1 saturated heterocycles. The maximum atomic E-state index is 13.2. The second-order valence-corrected chi connectivity index (χ2v) is 8.46. The van der Waals surface area contributed by atoms with Gasteiger partial charge in [-0.15, -0.1) is 0 Å². The zero-order chi connectivity index (χ0) is 23.9. The van der Waals surface area contributed by atoms with E-state index in [2.05, 4.69) is 21.1 Å². The van der Waals surface area contributed by atoms with Crippen molar-refractivity contribution in [2.45, 2.75) is 12.5 Å². The lowest BCUT2D eigenvalue weighted by Gasteiger charge is -2.27. The average molecular weight is 482 g/mol. The Morgan fingerprint density at radius 1 is 0.941 bits per heavy atom. The molecule has 2 aliphatic heterocycles. The summed E-state index contributed by atoms with van der Waals surface area (Å²) in [5, 5.41) is 3.30. The minimum Gasteiger partial charge on any atom is -0.379 e. The van der Waals surface area contributed by atoms with Gasteiger partial charge in [-0.05, 0) is 29.9 Å². The van der Waals surface area contributed by atoms with E-state index in [0.717, 1.165) is 43.3 Å². The maximum absolute atomic E-state index is 13.2. The highest BCUT2D eigenvalue weighted by molar-refractivity contribution is 7.80. The van der Waals surface area contributed by atoms with Crippen molar-refractivity contribution in [1.29, 1.82) is 0 Å². The minimum absolute atomic E-state index is 0.178. The molecule has 1 atom stereocenters. The molecule has 3 N–H and O–H groups in total. The lowest BCUT2D eigenvalue weighted by atomic mass is 10.0. The molecule has 0 unspecified atom stereocenters. The Morgan fingerprint density at radius 2 is 1.56 bits per heavy atom. The lowest BCUT2D eigenvalue weighted by Crippen LogP contribution is -2.56. The molecule has 0 spiro atoms. The van der Waals surface area contributed by atoms with Crippen LogP contribution in [-0.2, 0) is 16.0 Å². The van der Waals surface area contributed by atoms with Crippen LogP contribution >= 0.6 is 12.2 Å². The highest BCUT2D eigenvalue weighted by atomic mass is 32.1. The number of hydrogen-bond acceptors (Lipinski definition) is 6. The highest BCUT2D eigenvalue weighted by Gasteiger charge is 2.42. The fourth-order valence-electron chi connectivity index (χ4n) is 4.03. The third-order valence-corrected chi connectivity index (χ3v) is 6.07. The molecule has 0 bridgehead atoms. The molecule has 2 aromatic carbocycles. The van der Waals surface area contributed by atoms with E-state index in [1.54, 1.807) is 24.3 Å². The Balaban J connectivity index is 1.39. The number of hydrazine groups is 1. The first-order chi connectivity index (χ1) is 16.5. The lowest BCUT2D eigenvalue weighted by molar-refractivity contribution is -0.125. The van der Waals surface area contributed by atoms with Crippen molar-refractivity contribution in [2.24, 2.45) is 0 Å². The number of nitrogens with one attached hydrogen (secondary N) is 3. The standard InChI is InChI=1S/C24H27N5O4S/c30-21(26-27-24(34)25-10-11-28-12-14-33-15-13-28)20(16-17-6-2-1-3-7-17)29-22(31)18-8-4-5-9-19(18)23(29)32/h1-9,20H,10-16H2,(H,26,30)(H2,25,27,34)/t20-/m1/s1. The molecule has 0 aromatic heterocycles. The predicted molar refractivity (Wildman–Crippen MR) is 130 cm³/mol. The van der Waals surface area contributed by atoms with Gasteiger partial charge in [0.05, 0.1) is 24.3 Å². The van der Waals surface area contributed by atoms with Crippen molar-refractivity contribution in [3.63, 3.8) is 0 Å². The molecular formula is C24H27N5O4S. The monoisotopic (exact) mass is 481 g/mol. The summed E-state index contributed by atoms with van der Waals surface area (Å²) in [7, 11) is 0. The zero-order valence-electron chi connectivity index (χ0n) is 18.7. The van der Waals surface area contributed by atoms with Gasteiger partial charge in [0, 0.05) is 32.6 Å². The van der Waals surface area contributed by atoms with Crippen molar-refractivity contribution in [3.8, 4) is 0 Å². The van der Waals surface area contributed by atoms with Crippen molar-refractivity contribution < 1.29 is 19.1 Å². The third kappa shape index (κ3) is 5.58. The summed E-state index contributed by atoms with van der Waals surface area (Å²) in [5.74, 6) is -1.50. The number of fused-ring (bicyclic) bond motifs is 1. The molecule has 4 rings (SSSR count). The Morgan fingerprint density at radius 3 is 2.21 bits per heavy atom. The number of benzene rings is 2. The van der Waals surface area contributed by atoms with Gasteiger partial charge in [0.15, 0.2) is 5.11 Å². The van der Waals surface area contributed by atoms with E-state index in [9.17, 15) is 14.4 Å². The summed E-state index contributed by atoms with van der Waals surface area (Å²) >= 11 is 5.27. The Kier molecular flexibility index (Phi) is 7.84. The molecule has 10 heteroatoms. The van der Waals surface area contributed by atoms with E-state index in [1.165, 1.54) is 0 Å². The molecule has 178 valence electrons. The minimum atomic E-state index is -1.04. The van der Waals surface area contributed by atoms with Crippen LogP contribution in [0.25, 0.3) is 0 Å².